The van der Waals surface area contributed by atoms with Crippen molar-refractivity contribution >= 4 is 21.8 Å². The number of aromatic nitrogens is 1. The Hall–Kier alpha value is -0.940. The number of carbonyl (C=O) groups is 1. The number of nitrogens with zero attached hydrogens (tertiary/aromatic N) is 2. The van der Waals surface area contributed by atoms with E-state index < -0.39 is 0 Å². The van der Waals surface area contributed by atoms with Crippen molar-refractivity contribution in [3.05, 3.63) is 28.5 Å². The van der Waals surface area contributed by atoms with Crippen molar-refractivity contribution in [2.45, 2.75) is 19.4 Å². The maximum absolute atomic E-state index is 12.2. The third kappa shape index (κ3) is 2.84. The van der Waals surface area contributed by atoms with Crippen molar-refractivity contribution in [3.8, 4) is 0 Å². The fraction of sp³-hybridized carbons (Fsp3) is 0.500. The molecule has 2 unspecified atom stereocenters. The second kappa shape index (κ2) is 5.14. The van der Waals surface area contributed by atoms with Crippen LogP contribution in [-0.2, 0) is 0 Å². The summed E-state index contributed by atoms with van der Waals surface area (Å²) in [5.74, 6) is 0.394. The molecule has 1 aromatic heterocycles. The van der Waals surface area contributed by atoms with E-state index >= 15 is 0 Å². The fourth-order valence-corrected chi connectivity index (χ4v) is 2.42. The summed E-state index contributed by atoms with van der Waals surface area (Å²) in [5.41, 5.74) is 6.57. The number of hydrogen-bond donors (Lipinski definition) is 1. The van der Waals surface area contributed by atoms with Gasteiger partial charge in [-0.3, -0.25) is 9.78 Å². The zero-order chi connectivity index (χ0) is 12.4. The molecule has 17 heavy (non-hydrogen) atoms. The molecule has 1 aliphatic rings. The van der Waals surface area contributed by atoms with Gasteiger partial charge in [-0.25, -0.2) is 0 Å². The normalized spacial score (nSPS) is 24.8. The number of hydrogen-bond acceptors (Lipinski definition) is 3. The molecule has 2 rings (SSSR count). The minimum Gasteiger partial charge on any atom is -0.338 e. The molecule has 0 spiro atoms. The summed E-state index contributed by atoms with van der Waals surface area (Å²) in [7, 11) is 0. The summed E-state index contributed by atoms with van der Waals surface area (Å²) in [6.45, 7) is 3.55. The Kier molecular flexibility index (Phi) is 3.79. The topological polar surface area (TPSA) is 59.2 Å². The van der Waals surface area contributed by atoms with Crippen LogP contribution in [0, 0.1) is 5.92 Å². The monoisotopic (exact) mass is 297 g/mol. The minimum atomic E-state index is 0.0394. The summed E-state index contributed by atoms with van der Waals surface area (Å²) < 4.78 is 0.824. The van der Waals surface area contributed by atoms with Crippen molar-refractivity contribution in [1.29, 1.82) is 0 Å². The van der Waals surface area contributed by atoms with Gasteiger partial charge < -0.3 is 10.6 Å². The van der Waals surface area contributed by atoms with Crippen LogP contribution in [0.4, 0.5) is 0 Å². The zero-order valence-corrected chi connectivity index (χ0v) is 11.4. The Labute approximate surface area is 109 Å². The van der Waals surface area contributed by atoms with E-state index in [1.54, 1.807) is 18.5 Å². The highest BCUT2D eigenvalue weighted by Gasteiger charge is 2.26. The molecule has 2 atom stereocenters. The Balaban J connectivity index is 2.10. The van der Waals surface area contributed by atoms with Crippen LogP contribution < -0.4 is 5.73 Å². The first-order valence-corrected chi connectivity index (χ1v) is 6.52. The predicted molar refractivity (Wildman–Crippen MR) is 69.6 cm³/mol. The van der Waals surface area contributed by atoms with E-state index in [2.05, 4.69) is 27.8 Å². The summed E-state index contributed by atoms with van der Waals surface area (Å²) >= 11 is 3.32. The molecular weight excluding hydrogens is 282 g/mol. The Morgan fingerprint density at radius 1 is 1.59 bits per heavy atom. The van der Waals surface area contributed by atoms with Crippen molar-refractivity contribution in [3.63, 3.8) is 0 Å². The number of carbonyl (C=O) groups excluding carboxylic acids is 1. The number of halogens is 1. The molecule has 92 valence electrons. The number of likely N-dealkylation sites (tertiary alicyclic amines) is 1. The van der Waals surface area contributed by atoms with Crippen LogP contribution in [0.5, 0.6) is 0 Å². The van der Waals surface area contributed by atoms with Gasteiger partial charge in [0.2, 0.25) is 0 Å². The average molecular weight is 298 g/mol. The van der Waals surface area contributed by atoms with E-state index in [4.69, 9.17) is 5.73 Å². The van der Waals surface area contributed by atoms with Gasteiger partial charge in [0.05, 0.1) is 5.56 Å². The third-order valence-electron chi connectivity index (χ3n) is 3.21. The molecule has 0 bridgehead atoms. The van der Waals surface area contributed by atoms with Gasteiger partial charge in [0.1, 0.15) is 0 Å². The lowest BCUT2D eigenvalue weighted by Crippen LogP contribution is -2.48. The van der Waals surface area contributed by atoms with Gasteiger partial charge in [-0.1, -0.05) is 6.92 Å². The van der Waals surface area contributed by atoms with Crippen LogP contribution in [0.1, 0.15) is 23.7 Å². The lowest BCUT2D eigenvalue weighted by Gasteiger charge is -2.35. The van der Waals surface area contributed by atoms with Gasteiger partial charge >= 0.3 is 0 Å². The van der Waals surface area contributed by atoms with Crippen LogP contribution in [0.2, 0.25) is 0 Å². The molecule has 2 N–H and O–H groups in total. The number of nitrogens with two attached hydrogens (primary N) is 1. The van der Waals surface area contributed by atoms with Crippen LogP contribution in [0.25, 0.3) is 0 Å². The van der Waals surface area contributed by atoms with E-state index in [0.717, 1.165) is 24.0 Å². The third-order valence-corrected chi connectivity index (χ3v) is 3.64. The first kappa shape index (κ1) is 12.5. The molecule has 1 fully saturated rings. The summed E-state index contributed by atoms with van der Waals surface area (Å²) in [6, 6.07) is 2.01. The molecule has 4 nitrogen and oxygen atoms in total. The van der Waals surface area contributed by atoms with Gasteiger partial charge in [-0.05, 0) is 34.3 Å². The Bertz CT molecular complexity index is 424. The SMILES string of the molecule is CC1CN(C(=O)c2cncc(Br)c2)CCC1N. The standard InChI is InChI=1S/C12H16BrN3O/c1-8-7-16(3-2-11(8)14)12(17)9-4-10(13)6-15-5-9/h4-6,8,11H,2-3,7,14H2,1H3. The predicted octanol–water partition coefficient (Wildman–Crippen LogP) is 1.65. The van der Waals surface area contributed by atoms with Crippen LogP contribution in [0.15, 0.2) is 22.9 Å². The first-order chi connectivity index (χ1) is 8.08. The molecule has 1 amide bonds. The molecule has 2 heterocycles. The maximum Gasteiger partial charge on any atom is 0.255 e. The summed E-state index contributed by atoms with van der Waals surface area (Å²) in [6.07, 6.45) is 4.14. The van der Waals surface area contributed by atoms with E-state index in [9.17, 15) is 4.79 Å². The molecular formula is C12H16BrN3O. The highest BCUT2D eigenvalue weighted by molar-refractivity contribution is 9.10. The molecule has 0 radical (unpaired) electrons. The highest BCUT2D eigenvalue weighted by atomic mass is 79.9. The van der Waals surface area contributed by atoms with E-state index in [1.807, 2.05) is 4.90 Å². The molecule has 5 heteroatoms. The van der Waals surface area contributed by atoms with Crippen LogP contribution in [-0.4, -0.2) is 34.9 Å². The average Bonchev–Trinajstić information content (AvgIpc) is 2.32. The zero-order valence-electron chi connectivity index (χ0n) is 9.77. The molecule has 0 aromatic carbocycles. The van der Waals surface area contributed by atoms with Gasteiger partial charge in [-0.15, -0.1) is 0 Å². The number of amides is 1. The second-order valence-electron chi connectivity index (χ2n) is 4.57. The molecule has 1 saturated heterocycles. The highest BCUT2D eigenvalue weighted by Crippen LogP contribution is 2.18. The fourth-order valence-electron chi connectivity index (χ4n) is 2.06. The number of piperidine rings is 1. The van der Waals surface area contributed by atoms with E-state index in [-0.39, 0.29) is 11.9 Å². The molecule has 1 aromatic rings. The lowest BCUT2D eigenvalue weighted by molar-refractivity contribution is 0.0663. The number of rotatable bonds is 1. The van der Waals surface area contributed by atoms with Crippen molar-refractivity contribution in [2.24, 2.45) is 11.7 Å². The molecule has 0 saturated carbocycles. The molecule has 1 aliphatic heterocycles. The van der Waals surface area contributed by atoms with E-state index in [1.165, 1.54) is 0 Å². The quantitative estimate of drug-likeness (QED) is 0.857. The maximum atomic E-state index is 12.2. The van der Waals surface area contributed by atoms with Crippen molar-refractivity contribution < 1.29 is 4.79 Å². The van der Waals surface area contributed by atoms with Gasteiger partial charge in [0.25, 0.3) is 5.91 Å². The van der Waals surface area contributed by atoms with Gasteiger partial charge in [-0.2, -0.15) is 0 Å². The number of pyridine rings is 1. The second-order valence-corrected chi connectivity index (χ2v) is 5.49. The smallest absolute Gasteiger partial charge is 0.255 e. The van der Waals surface area contributed by atoms with Crippen molar-refractivity contribution in [1.82, 2.24) is 9.88 Å². The first-order valence-electron chi connectivity index (χ1n) is 5.73. The minimum absolute atomic E-state index is 0.0394. The van der Waals surface area contributed by atoms with E-state index in [0.29, 0.717) is 11.5 Å². The summed E-state index contributed by atoms with van der Waals surface area (Å²) in [5, 5.41) is 0. The largest absolute Gasteiger partial charge is 0.338 e. The Morgan fingerprint density at radius 3 is 3.00 bits per heavy atom. The van der Waals surface area contributed by atoms with Gasteiger partial charge in [0, 0.05) is 36.0 Å². The molecule has 0 aliphatic carbocycles. The van der Waals surface area contributed by atoms with Gasteiger partial charge in [0.15, 0.2) is 0 Å². The van der Waals surface area contributed by atoms with Crippen LogP contribution in [0.3, 0.4) is 0 Å². The van der Waals surface area contributed by atoms with Crippen LogP contribution >= 0.6 is 15.9 Å². The lowest BCUT2D eigenvalue weighted by atomic mass is 9.94. The summed E-state index contributed by atoms with van der Waals surface area (Å²) in [4.78, 5) is 18.1. The Morgan fingerprint density at radius 2 is 2.35 bits per heavy atom. The van der Waals surface area contributed by atoms with Crippen molar-refractivity contribution in [2.75, 3.05) is 13.1 Å².